The van der Waals surface area contributed by atoms with Gasteiger partial charge in [-0.2, -0.15) is 0 Å². The van der Waals surface area contributed by atoms with Crippen LogP contribution >= 0.6 is 0 Å². The summed E-state index contributed by atoms with van der Waals surface area (Å²) in [5.41, 5.74) is 2.69. The Morgan fingerprint density at radius 3 is 2.75 bits per heavy atom. The van der Waals surface area contributed by atoms with Crippen LogP contribution in [0.1, 0.15) is 25.3 Å². The van der Waals surface area contributed by atoms with E-state index in [1.165, 1.54) is 0 Å². The second-order valence-electron chi connectivity index (χ2n) is 7.38. The molecule has 0 saturated carbocycles. The van der Waals surface area contributed by atoms with Crippen LogP contribution in [-0.4, -0.2) is 57.2 Å². The van der Waals surface area contributed by atoms with Crippen molar-refractivity contribution in [1.82, 2.24) is 0 Å². The Labute approximate surface area is 164 Å². The van der Waals surface area contributed by atoms with Gasteiger partial charge in [0.2, 0.25) is 5.43 Å². The summed E-state index contributed by atoms with van der Waals surface area (Å²) in [6, 6.07) is 3.98. The van der Waals surface area contributed by atoms with Crippen molar-refractivity contribution in [3.63, 3.8) is 0 Å². The minimum atomic E-state index is -0.0751. The zero-order valence-corrected chi connectivity index (χ0v) is 16.6. The molecule has 1 unspecified atom stereocenters. The van der Waals surface area contributed by atoms with Gasteiger partial charge in [-0.25, -0.2) is 0 Å². The van der Waals surface area contributed by atoms with Crippen LogP contribution in [-0.2, 0) is 4.74 Å². The first-order chi connectivity index (χ1) is 13.7. The average Bonchev–Trinajstić information content (AvgIpc) is 3.18. The molecule has 3 heterocycles. The highest BCUT2D eigenvalue weighted by molar-refractivity contribution is 5.95. The summed E-state index contributed by atoms with van der Waals surface area (Å²) in [6.07, 6.45) is 1.92. The molecule has 7 nitrogen and oxygen atoms in total. The summed E-state index contributed by atoms with van der Waals surface area (Å²) in [6.45, 7) is 7.53. The van der Waals surface area contributed by atoms with Crippen LogP contribution in [0.4, 0.5) is 11.4 Å². The molecule has 152 valence electrons. The third kappa shape index (κ3) is 3.22. The molecule has 1 N–H and O–H groups in total. The number of fused-ring (bicyclic) bond motifs is 1. The van der Waals surface area contributed by atoms with Gasteiger partial charge in [0.1, 0.15) is 5.58 Å². The second kappa shape index (κ2) is 8.01. The molecule has 1 aromatic heterocycles. The number of aryl methyl sites for hydroxylation is 1. The Hall–Kier alpha value is -2.25. The van der Waals surface area contributed by atoms with E-state index in [0.717, 1.165) is 30.6 Å². The van der Waals surface area contributed by atoms with Crippen molar-refractivity contribution < 1.29 is 19.0 Å². The monoisotopic (exact) mass is 388 g/mol. The summed E-state index contributed by atoms with van der Waals surface area (Å²) in [4.78, 5) is 17.9. The van der Waals surface area contributed by atoms with Crippen LogP contribution < -0.4 is 20.0 Å². The number of aliphatic hydroxyl groups is 1. The molecular weight excluding hydrogens is 360 g/mol. The van der Waals surface area contributed by atoms with E-state index in [1.807, 2.05) is 30.9 Å². The fraction of sp³-hybridized carbons (Fsp3) is 0.571. The molecule has 0 amide bonds. The van der Waals surface area contributed by atoms with Gasteiger partial charge in [-0.3, -0.25) is 4.79 Å². The van der Waals surface area contributed by atoms with E-state index in [4.69, 9.17) is 13.9 Å². The molecule has 2 fully saturated rings. The zero-order valence-electron chi connectivity index (χ0n) is 16.6. The molecule has 1 aromatic carbocycles. The summed E-state index contributed by atoms with van der Waals surface area (Å²) >= 11 is 0. The van der Waals surface area contributed by atoms with Crippen molar-refractivity contribution in [2.45, 2.75) is 32.7 Å². The number of aliphatic hydroxyl groups excluding tert-OH is 1. The van der Waals surface area contributed by atoms with E-state index in [1.54, 1.807) is 0 Å². The molecule has 2 aromatic rings. The lowest BCUT2D eigenvalue weighted by Crippen LogP contribution is -2.39. The maximum absolute atomic E-state index is 13.7. The molecule has 0 spiro atoms. The SMILES string of the molecule is CCOc1oc2c(C)ccc(N3CCCC3CO)c2c(=O)c1N1CCOCC1. The fourth-order valence-corrected chi connectivity index (χ4v) is 4.25. The Balaban J connectivity index is 1.95. The van der Waals surface area contributed by atoms with Crippen LogP contribution in [0, 0.1) is 6.92 Å². The molecule has 0 bridgehead atoms. The molecular formula is C21H28N2O5. The molecule has 28 heavy (non-hydrogen) atoms. The molecule has 2 aliphatic heterocycles. The van der Waals surface area contributed by atoms with Crippen molar-refractivity contribution >= 4 is 22.3 Å². The molecule has 0 radical (unpaired) electrons. The van der Waals surface area contributed by atoms with Gasteiger partial charge in [0, 0.05) is 19.6 Å². The van der Waals surface area contributed by atoms with Crippen LogP contribution in [0.5, 0.6) is 5.95 Å². The lowest BCUT2D eigenvalue weighted by atomic mass is 10.1. The second-order valence-corrected chi connectivity index (χ2v) is 7.38. The topological polar surface area (TPSA) is 75.4 Å². The maximum Gasteiger partial charge on any atom is 0.313 e. The number of ether oxygens (including phenoxy) is 2. The number of benzene rings is 1. The Kier molecular flexibility index (Phi) is 5.46. The predicted molar refractivity (Wildman–Crippen MR) is 109 cm³/mol. The standard InChI is InChI=1S/C21H28N2O5/c1-3-27-21-18(22-9-11-26-12-10-22)19(25)17-16(7-6-14(2)20(17)28-21)23-8-4-5-15(23)13-24/h6-7,15,24H,3-5,8-13H2,1-2H3. The van der Waals surface area contributed by atoms with Gasteiger partial charge in [-0.1, -0.05) is 6.07 Å². The Morgan fingerprint density at radius 2 is 2.04 bits per heavy atom. The van der Waals surface area contributed by atoms with Crippen LogP contribution in [0.25, 0.3) is 11.0 Å². The number of nitrogens with zero attached hydrogens (tertiary/aromatic N) is 2. The van der Waals surface area contributed by atoms with E-state index in [0.29, 0.717) is 49.6 Å². The highest BCUT2D eigenvalue weighted by Crippen LogP contribution is 2.37. The van der Waals surface area contributed by atoms with Gasteiger partial charge < -0.3 is 28.8 Å². The first kappa shape index (κ1) is 19.1. The van der Waals surface area contributed by atoms with Gasteiger partial charge in [0.25, 0.3) is 0 Å². The van der Waals surface area contributed by atoms with E-state index in [9.17, 15) is 9.90 Å². The fourth-order valence-electron chi connectivity index (χ4n) is 4.25. The Bertz CT molecular complexity index is 904. The van der Waals surface area contributed by atoms with Crippen molar-refractivity contribution in [1.29, 1.82) is 0 Å². The quantitative estimate of drug-likeness (QED) is 0.842. The lowest BCUT2D eigenvalue weighted by molar-refractivity contribution is 0.122. The van der Waals surface area contributed by atoms with Gasteiger partial charge in [0.15, 0.2) is 5.69 Å². The number of rotatable bonds is 5. The first-order valence-corrected chi connectivity index (χ1v) is 10.1. The maximum atomic E-state index is 13.7. The van der Waals surface area contributed by atoms with Crippen LogP contribution in [0.15, 0.2) is 21.3 Å². The van der Waals surface area contributed by atoms with E-state index in [-0.39, 0.29) is 24.0 Å². The largest absolute Gasteiger partial charge is 0.464 e. The van der Waals surface area contributed by atoms with Gasteiger partial charge in [-0.05, 0) is 38.3 Å². The number of hydrogen-bond donors (Lipinski definition) is 1. The third-order valence-corrected chi connectivity index (χ3v) is 5.66. The molecule has 4 rings (SSSR count). The highest BCUT2D eigenvalue weighted by Gasteiger charge is 2.30. The minimum absolute atomic E-state index is 0.0312. The summed E-state index contributed by atoms with van der Waals surface area (Å²) in [5, 5.41) is 10.4. The van der Waals surface area contributed by atoms with Crippen LogP contribution in [0.3, 0.4) is 0 Å². The van der Waals surface area contributed by atoms with Crippen molar-refractivity contribution in [2.75, 3.05) is 55.9 Å². The zero-order chi connectivity index (χ0) is 19.7. The van der Waals surface area contributed by atoms with Gasteiger partial charge >= 0.3 is 5.95 Å². The number of anilines is 2. The molecule has 2 aliphatic rings. The smallest absolute Gasteiger partial charge is 0.313 e. The Morgan fingerprint density at radius 1 is 1.25 bits per heavy atom. The van der Waals surface area contributed by atoms with E-state index < -0.39 is 0 Å². The molecule has 7 heteroatoms. The lowest BCUT2D eigenvalue weighted by Gasteiger charge is -2.30. The van der Waals surface area contributed by atoms with Crippen LogP contribution in [0.2, 0.25) is 0 Å². The average molecular weight is 388 g/mol. The van der Waals surface area contributed by atoms with Crippen molar-refractivity contribution in [2.24, 2.45) is 0 Å². The normalized spacial score (nSPS) is 20.2. The summed E-state index contributed by atoms with van der Waals surface area (Å²) < 4.78 is 17.4. The van der Waals surface area contributed by atoms with E-state index >= 15 is 0 Å². The van der Waals surface area contributed by atoms with Crippen molar-refractivity contribution in [3.05, 3.63) is 27.9 Å². The number of hydrogen-bond acceptors (Lipinski definition) is 7. The number of morpholine rings is 1. The summed E-state index contributed by atoms with van der Waals surface area (Å²) in [7, 11) is 0. The summed E-state index contributed by atoms with van der Waals surface area (Å²) in [5.74, 6) is 0.280. The highest BCUT2D eigenvalue weighted by atomic mass is 16.6. The molecule has 1 atom stereocenters. The first-order valence-electron chi connectivity index (χ1n) is 10.1. The molecule has 2 saturated heterocycles. The minimum Gasteiger partial charge on any atom is -0.464 e. The van der Waals surface area contributed by atoms with E-state index in [2.05, 4.69) is 4.90 Å². The predicted octanol–water partition coefficient (Wildman–Crippen LogP) is 2.30. The van der Waals surface area contributed by atoms with Gasteiger partial charge in [0.05, 0.1) is 43.5 Å². The third-order valence-electron chi connectivity index (χ3n) is 5.66. The molecule has 0 aliphatic carbocycles. The van der Waals surface area contributed by atoms with Crippen molar-refractivity contribution in [3.8, 4) is 5.95 Å². The van der Waals surface area contributed by atoms with Gasteiger partial charge in [-0.15, -0.1) is 0 Å².